The number of rotatable bonds is 22. The standard InChI is InChI=1S/C26H24N4O3.C26H21N3O3.C26H19N3O3.C24H18N4O5/c1-30(2)20-9-5-19(6-10-20)25-26(29-24(33)15-17-3-11-21(31)12-4-17)27-16-23(28-25)18-7-13-22(32)14-8-18;2*30-21-11-6-19(7-12-21)16-25(32)29-26-23(15-8-18-4-2-1-3-5-18)28-24(17-27-26)20-9-13-22(31)14-10-20;29-19-9-1-15(2-10-19)13-22(31)27-24-23(17-3-7-18(8-4-17)28(32)33)26-21(14-25-24)16-5-11-20(30)12-6-16/h3-14,16,31-32H,15H2,1-2H3,(H,27,29,33);1-15,17,30-31H,16H2,(H,27,29,32);1-7,9-14,17,30-31H,16H2,(H,27,29,32);1-12,14,29-30H,13H2,(H,25,27,31)/b;15-8-;;. The minimum Gasteiger partial charge on any atom is -0.508 e. The SMILES string of the molecule is CN(C)c1ccc(-c2nc(-c3ccc(O)cc3)cnc2NC(=O)Cc2ccc(O)cc2)cc1.O=C(Cc1ccc(O)cc1)Nc1ncc(-c2ccc(O)cc2)nc1-c1ccc([N+](=O)[O-])cc1.O=C(Cc1ccc(O)cc1)Nc1ncc(-c2ccc(O)cc2)nc1/C=C\c1ccccc1.O=C(Cc1ccc(O)cc1)Nc1ncc(-c2ccc(O)cc2)nc1C#Cc1ccccc1. The van der Waals surface area contributed by atoms with Gasteiger partial charge in [0.15, 0.2) is 29.0 Å². The molecular formula is C102H82N14O14. The highest BCUT2D eigenvalue weighted by Crippen LogP contribution is 2.34. The second-order valence-corrected chi connectivity index (χ2v) is 29.2. The Labute approximate surface area is 745 Å². The molecule has 0 saturated heterocycles. The van der Waals surface area contributed by atoms with E-state index >= 15 is 0 Å². The first-order valence-corrected chi connectivity index (χ1v) is 40.2. The smallest absolute Gasteiger partial charge is 0.269 e. The number of phenolic OH excluding ortho intramolecular Hbond substituents is 8. The third kappa shape index (κ3) is 25.9. The zero-order valence-corrected chi connectivity index (χ0v) is 69.7. The number of nitro benzene ring substituents is 1. The molecule has 0 aliphatic carbocycles. The van der Waals surface area contributed by atoms with Crippen LogP contribution in [-0.2, 0) is 44.9 Å². The molecule has 0 aliphatic heterocycles. The third-order valence-electron chi connectivity index (χ3n) is 19.3. The van der Waals surface area contributed by atoms with E-state index in [9.17, 15) is 70.1 Å². The number of amides is 4. The highest BCUT2D eigenvalue weighted by molar-refractivity contribution is 5.97. The van der Waals surface area contributed by atoms with Gasteiger partial charge < -0.3 is 67.0 Å². The molecule has 0 spiro atoms. The summed E-state index contributed by atoms with van der Waals surface area (Å²) in [5.74, 6) is 7.30. The maximum Gasteiger partial charge on any atom is 0.269 e. The predicted molar refractivity (Wildman–Crippen MR) is 498 cm³/mol. The number of non-ortho nitro benzene ring substituents is 1. The summed E-state index contributed by atoms with van der Waals surface area (Å²) in [5, 5.41) is 98.1. The second kappa shape index (κ2) is 43.2. The van der Waals surface area contributed by atoms with Crippen LogP contribution in [0.2, 0.25) is 0 Å². The highest BCUT2D eigenvalue weighted by Gasteiger charge is 2.21. The number of aromatic nitrogens is 8. The minimum absolute atomic E-state index is 0.0569. The van der Waals surface area contributed by atoms with Crippen LogP contribution < -0.4 is 26.2 Å². The van der Waals surface area contributed by atoms with Gasteiger partial charge in [-0.1, -0.05) is 121 Å². The van der Waals surface area contributed by atoms with Crippen molar-refractivity contribution in [2.24, 2.45) is 0 Å². The Morgan fingerprint density at radius 1 is 0.331 bits per heavy atom. The fourth-order valence-electron chi connectivity index (χ4n) is 12.6. The first kappa shape index (κ1) is 89.5. The molecule has 28 nitrogen and oxygen atoms in total. The molecule has 0 aliphatic rings. The molecule has 4 heterocycles. The zero-order chi connectivity index (χ0) is 91.4. The lowest BCUT2D eigenvalue weighted by Gasteiger charge is -2.15. The Morgan fingerprint density at radius 2 is 0.623 bits per heavy atom. The summed E-state index contributed by atoms with van der Waals surface area (Å²) in [5.41, 5.74) is 14.2. The monoisotopic (exact) mass is 1730 g/mol. The number of nitrogens with zero attached hydrogens (tertiary/aromatic N) is 10. The number of phenols is 8. The van der Waals surface area contributed by atoms with E-state index in [1.54, 1.807) is 188 Å². The van der Waals surface area contributed by atoms with E-state index in [1.165, 1.54) is 54.7 Å². The lowest BCUT2D eigenvalue weighted by atomic mass is 10.1. The normalized spacial score (nSPS) is 10.5. The third-order valence-corrected chi connectivity index (χ3v) is 19.3. The Hall–Kier alpha value is -18.3. The fraction of sp³-hybridized carbons (Fsp3) is 0.0588. The summed E-state index contributed by atoms with van der Waals surface area (Å²) in [4.78, 5) is 99.4. The van der Waals surface area contributed by atoms with E-state index in [2.05, 4.69) is 68.0 Å². The Morgan fingerprint density at radius 3 is 0.977 bits per heavy atom. The molecule has 12 aromatic carbocycles. The summed E-state index contributed by atoms with van der Waals surface area (Å²) in [6.07, 6.45) is 10.4. The number of carbonyl (C=O) groups excluding carboxylic acids is 4. The van der Waals surface area contributed by atoms with E-state index in [0.717, 1.165) is 55.8 Å². The van der Waals surface area contributed by atoms with Crippen molar-refractivity contribution in [2.75, 3.05) is 40.3 Å². The Kier molecular flexibility index (Phi) is 29.7. The summed E-state index contributed by atoms with van der Waals surface area (Å²) >= 11 is 0. The molecule has 0 atom stereocenters. The molecule has 4 amide bonds. The van der Waals surface area contributed by atoms with Gasteiger partial charge in [0.1, 0.15) is 63.1 Å². The predicted octanol–water partition coefficient (Wildman–Crippen LogP) is 17.8. The van der Waals surface area contributed by atoms with Crippen LogP contribution in [0.1, 0.15) is 44.8 Å². The van der Waals surface area contributed by atoms with Crippen LogP contribution in [0.3, 0.4) is 0 Å². The molecule has 16 rings (SSSR count). The number of aromatic hydroxyl groups is 8. The molecule has 4 aromatic heterocycles. The molecule has 130 heavy (non-hydrogen) atoms. The van der Waals surface area contributed by atoms with Crippen molar-refractivity contribution in [3.8, 4) is 125 Å². The van der Waals surface area contributed by atoms with Gasteiger partial charge in [0, 0.05) is 70.9 Å². The zero-order valence-electron chi connectivity index (χ0n) is 69.7. The Bertz CT molecular complexity index is 6720. The van der Waals surface area contributed by atoms with Crippen molar-refractivity contribution < 1.29 is 65.0 Å². The first-order chi connectivity index (χ1) is 62.9. The van der Waals surface area contributed by atoms with E-state index < -0.39 is 4.92 Å². The van der Waals surface area contributed by atoms with Gasteiger partial charge in [-0.2, -0.15) is 0 Å². The van der Waals surface area contributed by atoms with Crippen molar-refractivity contribution in [1.82, 2.24) is 39.9 Å². The molecule has 0 fully saturated rings. The minimum atomic E-state index is -0.497. The number of nitrogens with one attached hydrogen (secondary N) is 4. The van der Waals surface area contributed by atoms with Crippen LogP contribution in [-0.4, -0.2) is 123 Å². The first-order valence-electron chi connectivity index (χ1n) is 40.2. The lowest BCUT2D eigenvalue weighted by Crippen LogP contribution is -2.17. The molecule has 12 N–H and O–H groups in total. The maximum atomic E-state index is 12.7. The molecule has 0 bridgehead atoms. The molecule has 0 radical (unpaired) electrons. The van der Waals surface area contributed by atoms with Gasteiger partial charge >= 0.3 is 0 Å². The number of nitro groups is 1. The lowest BCUT2D eigenvalue weighted by molar-refractivity contribution is -0.384. The van der Waals surface area contributed by atoms with Crippen molar-refractivity contribution in [1.29, 1.82) is 0 Å². The molecule has 644 valence electrons. The molecule has 0 unspecified atom stereocenters. The quantitative estimate of drug-likeness (QED) is 0.0170. The van der Waals surface area contributed by atoms with Gasteiger partial charge in [-0.15, -0.1) is 0 Å². The topological polar surface area (TPSA) is 428 Å². The van der Waals surface area contributed by atoms with Crippen LogP contribution in [0.25, 0.3) is 79.7 Å². The Balaban J connectivity index is 0.000000148. The fourth-order valence-corrected chi connectivity index (χ4v) is 12.6. The van der Waals surface area contributed by atoms with Gasteiger partial charge in [0.05, 0.1) is 78.2 Å². The van der Waals surface area contributed by atoms with Crippen LogP contribution in [0.15, 0.2) is 328 Å². The average molecular weight is 1730 g/mol. The van der Waals surface area contributed by atoms with Crippen LogP contribution in [0.4, 0.5) is 34.6 Å². The number of anilines is 5. The van der Waals surface area contributed by atoms with Crippen molar-refractivity contribution in [3.05, 3.63) is 383 Å². The van der Waals surface area contributed by atoms with Crippen LogP contribution in [0.5, 0.6) is 46.0 Å². The van der Waals surface area contributed by atoms with Crippen LogP contribution >= 0.6 is 0 Å². The van der Waals surface area contributed by atoms with E-state index in [1.807, 2.05) is 116 Å². The largest absolute Gasteiger partial charge is 0.508 e. The van der Waals surface area contributed by atoms with E-state index in [4.69, 9.17) is 4.98 Å². The summed E-state index contributed by atoms with van der Waals surface area (Å²) < 4.78 is 0. The van der Waals surface area contributed by atoms with Crippen LogP contribution in [0, 0.1) is 22.0 Å². The number of carbonyl (C=O) groups is 4. The van der Waals surface area contributed by atoms with Gasteiger partial charge in [0.2, 0.25) is 23.6 Å². The number of hydrogen-bond acceptors (Lipinski definition) is 23. The number of benzene rings is 12. The van der Waals surface area contributed by atoms with E-state index in [-0.39, 0.29) is 113 Å². The number of hydrogen-bond donors (Lipinski definition) is 12. The molecule has 28 heteroatoms. The van der Waals surface area contributed by atoms with Gasteiger partial charge in [0.25, 0.3) is 5.69 Å². The molecule has 16 aromatic rings. The average Bonchev–Trinajstić information content (AvgIpc) is 0.807. The van der Waals surface area contributed by atoms with Gasteiger partial charge in [-0.3, -0.25) is 29.3 Å². The van der Waals surface area contributed by atoms with Gasteiger partial charge in [-0.05, 0) is 222 Å². The summed E-state index contributed by atoms with van der Waals surface area (Å²) in [6, 6.07) is 85.0. The maximum absolute atomic E-state index is 12.7. The molecule has 0 saturated carbocycles. The van der Waals surface area contributed by atoms with Crippen molar-refractivity contribution >= 4 is 70.4 Å². The van der Waals surface area contributed by atoms with Crippen molar-refractivity contribution in [2.45, 2.75) is 25.7 Å². The highest BCUT2D eigenvalue weighted by atomic mass is 16.6. The second-order valence-electron chi connectivity index (χ2n) is 29.2. The summed E-state index contributed by atoms with van der Waals surface area (Å²) in [6.45, 7) is 0. The molecular weight excluding hydrogens is 1650 g/mol. The van der Waals surface area contributed by atoms with E-state index in [0.29, 0.717) is 73.9 Å². The summed E-state index contributed by atoms with van der Waals surface area (Å²) in [7, 11) is 3.93. The van der Waals surface area contributed by atoms with Crippen molar-refractivity contribution in [3.63, 3.8) is 0 Å². The van der Waals surface area contributed by atoms with Gasteiger partial charge in [-0.25, -0.2) is 39.9 Å².